The largest absolute Gasteiger partial charge is 0.489 e. The third kappa shape index (κ3) is 5.20. The molecule has 0 saturated carbocycles. The summed E-state index contributed by atoms with van der Waals surface area (Å²) in [7, 11) is 0. The zero-order valence-electron chi connectivity index (χ0n) is 21.2. The number of nitrogens with zero attached hydrogens (tertiary/aromatic N) is 3. The van der Waals surface area contributed by atoms with Crippen molar-refractivity contribution in [3.63, 3.8) is 0 Å². The summed E-state index contributed by atoms with van der Waals surface area (Å²) < 4.78 is 6.07. The van der Waals surface area contributed by atoms with Crippen LogP contribution < -0.4 is 9.64 Å². The maximum Gasteiger partial charge on any atom is 0.270 e. The van der Waals surface area contributed by atoms with E-state index in [4.69, 9.17) is 4.74 Å². The van der Waals surface area contributed by atoms with Gasteiger partial charge < -0.3 is 14.5 Å². The number of carbonyl (C=O) groups is 1. The van der Waals surface area contributed by atoms with Crippen LogP contribution in [0.2, 0.25) is 0 Å². The van der Waals surface area contributed by atoms with Crippen LogP contribution in [0.15, 0.2) is 103 Å². The van der Waals surface area contributed by atoms with Gasteiger partial charge in [-0.25, -0.2) is 0 Å². The molecule has 0 aliphatic carbocycles. The normalized spacial score (nSPS) is 16.9. The molecule has 4 aromatic carbocycles. The molecule has 8 heteroatoms. The third-order valence-electron chi connectivity index (χ3n) is 7.06. The Morgan fingerprint density at radius 1 is 0.821 bits per heavy atom. The maximum atomic E-state index is 14.1. The first kappa shape index (κ1) is 25.0. The number of hydrogen-bond donors (Lipinski definition) is 0. The van der Waals surface area contributed by atoms with E-state index in [0.717, 1.165) is 33.9 Å². The van der Waals surface area contributed by atoms with Gasteiger partial charge in [0.15, 0.2) is 0 Å². The van der Waals surface area contributed by atoms with Gasteiger partial charge in [-0.05, 0) is 34.9 Å². The van der Waals surface area contributed by atoms with Crippen LogP contribution in [-0.4, -0.2) is 33.3 Å². The van der Waals surface area contributed by atoms with Gasteiger partial charge >= 0.3 is 0 Å². The van der Waals surface area contributed by atoms with Crippen LogP contribution in [0.1, 0.15) is 33.2 Å². The molecule has 1 amide bonds. The Labute approximate surface area is 231 Å². The van der Waals surface area contributed by atoms with Crippen molar-refractivity contribution in [1.82, 2.24) is 4.90 Å². The number of nitro groups is 1. The van der Waals surface area contributed by atoms with E-state index in [2.05, 4.69) is 4.90 Å². The molecule has 196 valence electrons. The van der Waals surface area contributed by atoms with E-state index >= 15 is 0 Å². The minimum atomic E-state index is -0.456. The summed E-state index contributed by atoms with van der Waals surface area (Å²) in [5, 5.41) is 11.6. The van der Waals surface area contributed by atoms with Crippen molar-refractivity contribution in [3.05, 3.63) is 135 Å². The molecule has 7 nitrogen and oxygen atoms in total. The Balaban J connectivity index is 1.46. The molecule has 0 aromatic heterocycles. The second kappa shape index (κ2) is 10.8. The lowest BCUT2D eigenvalue weighted by Crippen LogP contribution is -2.48. The molecular weight excluding hydrogens is 510 g/mol. The molecule has 1 atom stereocenters. The minimum absolute atomic E-state index is 0.101. The Kier molecular flexibility index (Phi) is 6.94. The summed E-state index contributed by atoms with van der Waals surface area (Å²) in [5.74, 6) is 2.57. The highest BCUT2D eigenvalue weighted by Crippen LogP contribution is 2.42. The number of benzene rings is 4. The molecule has 0 unspecified atom stereocenters. The fraction of sp³-hybridized carbons (Fsp3) is 0.194. The smallest absolute Gasteiger partial charge is 0.270 e. The SMILES string of the molecule is O=C1c2cc([N+](=O)[O-])ccc2N(Cc2ccccc2)[C@H](c2ccc(OC3CSC3)cc2)N1Cc1ccccc1. The first-order valence-corrected chi connectivity index (χ1v) is 14.0. The quantitative estimate of drug-likeness (QED) is 0.190. The minimum Gasteiger partial charge on any atom is -0.489 e. The molecular formula is C31H27N3O4S. The zero-order valence-corrected chi connectivity index (χ0v) is 22.0. The van der Waals surface area contributed by atoms with Gasteiger partial charge in [0, 0.05) is 36.7 Å². The van der Waals surface area contributed by atoms with E-state index in [1.165, 1.54) is 12.1 Å². The number of thioether (sulfide) groups is 1. The lowest BCUT2D eigenvalue weighted by atomic mass is 9.98. The fourth-order valence-electron chi connectivity index (χ4n) is 5.07. The van der Waals surface area contributed by atoms with Crippen LogP contribution in [0.5, 0.6) is 5.75 Å². The molecule has 0 radical (unpaired) electrons. The van der Waals surface area contributed by atoms with E-state index in [9.17, 15) is 14.9 Å². The van der Waals surface area contributed by atoms with Crippen LogP contribution >= 0.6 is 11.8 Å². The molecule has 4 aromatic rings. The Morgan fingerprint density at radius 3 is 2.00 bits per heavy atom. The van der Waals surface area contributed by atoms with Gasteiger partial charge in [0.05, 0.1) is 16.2 Å². The molecule has 1 saturated heterocycles. The summed E-state index contributed by atoms with van der Waals surface area (Å²) in [6.07, 6.45) is -0.191. The number of ether oxygens (including phenoxy) is 1. The van der Waals surface area contributed by atoms with Gasteiger partial charge in [-0.1, -0.05) is 72.8 Å². The van der Waals surface area contributed by atoms with E-state index in [-0.39, 0.29) is 17.7 Å². The predicted molar refractivity (Wildman–Crippen MR) is 153 cm³/mol. The highest BCUT2D eigenvalue weighted by atomic mass is 32.2. The Hall–Kier alpha value is -4.30. The topological polar surface area (TPSA) is 75.9 Å². The van der Waals surface area contributed by atoms with E-state index in [1.54, 1.807) is 6.07 Å². The van der Waals surface area contributed by atoms with Gasteiger partial charge in [0.1, 0.15) is 18.0 Å². The van der Waals surface area contributed by atoms with Gasteiger partial charge in [0.2, 0.25) is 0 Å². The highest BCUT2D eigenvalue weighted by molar-refractivity contribution is 8.00. The predicted octanol–water partition coefficient (Wildman–Crippen LogP) is 6.45. The van der Waals surface area contributed by atoms with Gasteiger partial charge in [-0.3, -0.25) is 14.9 Å². The van der Waals surface area contributed by atoms with Crippen molar-refractivity contribution in [2.75, 3.05) is 16.4 Å². The Morgan fingerprint density at radius 2 is 1.44 bits per heavy atom. The first-order chi connectivity index (χ1) is 19.1. The number of anilines is 1. The molecule has 2 heterocycles. The molecule has 39 heavy (non-hydrogen) atoms. The van der Waals surface area contributed by atoms with Crippen molar-refractivity contribution in [3.8, 4) is 5.75 Å². The first-order valence-electron chi connectivity index (χ1n) is 12.8. The van der Waals surface area contributed by atoms with Crippen molar-refractivity contribution in [2.24, 2.45) is 0 Å². The van der Waals surface area contributed by atoms with Gasteiger partial charge in [0.25, 0.3) is 11.6 Å². The zero-order chi connectivity index (χ0) is 26.8. The highest BCUT2D eigenvalue weighted by Gasteiger charge is 2.39. The third-order valence-corrected chi connectivity index (χ3v) is 8.28. The monoisotopic (exact) mass is 537 g/mol. The summed E-state index contributed by atoms with van der Waals surface area (Å²) in [4.78, 5) is 29.2. The summed E-state index contributed by atoms with van der Waals surface area (Å²) in [6, 6.07) is 32.4. The summed E-state index contributed by atoms with van der Waals surface area (Å²) >= 11 is 1.87. The van der Waals surface area contributed by atoms with E-state index in [0.29, 0.717) is 24.3 Å². The fourth-order valence-corrected chi connectivity index (χ4v) is 5.63. The molecule has 0 spiro atoms. The second-order valence-corrected chi connectivity index (χ2v) is 10.8. The lowest BCUT2D eigenvalue weighted by Gasteiger charge is -2.46. The number of fused-ring (bicyclic) bond motifs is 1. The average Bonchev–Trinajstić information content (AvgIpc) is 2.94. The molecule has 0 N–H and O–H groups in total. The Bertz CT molecular complexity index is 1480. The summed E-state index contributed by atoms with van der Waals surface area (Å²) in [6.45, 7) is 0.877. The standard InChI is InChI=1S/C31H27N3O4S/c35-31-28-17-25(34(36)37)13-16-29(28)32(18-22-7-3-1-4-8-22)30(33(31)19-23-9-5-2-6-10-23)24-11-14-26(15-12-24)38-27-20-39-21-27/h1-17,27,30H,18-21H2/t30-/m0/s1. The van der Waals surface area contributed by atoms with Crippen LogP contribution in [-0.2, 0) is 13.1 Å². The molecule has 6 rings (SSSR count). The number of carbonyl (C=O) groups excluding carboxylic acids is 1. The maximum absolute atomic E-state index is 14.1. The lowest BCUT2D eigenvalue weighted by molar-refractivity contribution is -0.384. The van der Waals surface area contributed by atoms with E-state index < -0.39 is 11.1 Å². The van der Waals surface area contributed by atoms with Crippen LogP contribution in [0.3, 0.4) is 0 Å². The van der Waals surface area contributed by atoms with Gasteiger partial charge in [-0.2, -0.15) is 11.8 Å². The van der Waals surface area contributed by atoms with Gasteiger partial charge in [-0.15, -0.1) is 0 Å². The number of amides is 1. The van der Waals surface area contributed by atoms with Crippen molar-refractivity contribution >= 4 is 29.0 Å². The van der Waals surface area contributed by atoms with Crippen molar-refractivity contribution < 1.29 is 14.5 Å². The number of nitro benzene ring substituents is 1. The van der Waals surface area contributed by atoms with Crippen LogP contribution in [0.4, 0.5) is 11.4 Å². The average molecular weight is 538 g/mol. The van der Waals surface area contributed by atoms with Crippen LogP contribution in [0, 0.1) is 10.1 Å². The molecule has 0 bridgehead atoms. The number of rotatable bonds is 8. The molecule has 2 aliphatic heterocycles. The van der Waals surface area contributed by atoms with Crippen LogP contribution in [0.25, 0.3) is 0 Å². The second-order valence-electron chi connectivity index (χ2n) is 9.71. The number of hydrogen-bond acceptors (Lipinski definition) is 6. The van der Waals surface area contributed by atoms with E-state index in [1.807, 2.05) is 102 Å². The summed E-state index contributed by atoms with van der Waals surface area (Å²) in [5.41, 5.74) is 3.89. The molecule has 2 aliphatic rings. The number of non-ortho nitro benzene ring substituents is 1. The van der Waals surface area contributed by atoms with Crippen molar-refractivity contribution in [1.29, 1.82) is 0 Å². The van der Waals surface area contributed by atoms with Crippen molar-refractivity contribution in [2.45, 2.75) is 25.4 Å². The molecule has 1 fully saturated rings.